The lowest BCUT2D eigenvalue weighted by molar-refractivity contribution is 0.258. The summed E-state index contributed by atoms with van der Waals surface area (Å²) in [6.07, 6.45) is 8.33. The van der Waals surface area contributed by atoms with Crippen LogP contribution in [0, 0.1) is 5.92 Å². The van der Waals surface area contributed by atoms with Gasteiger partial charge in [-0.3, -0.25) is 0 Å². The van der Waals surface area contributed by atoms with Gasteiger partial charge in [0.2, 0.25) is 0 Å². The summed E-state index contributed by atoms with van der Waals surface area (Å²) in [5, 5.41) is 3.77. The first kappa shape index (κ1) is 11.0. The van der Waals surface area contributed by atoms with Gasteiger partial charge >= 0.3 is 0 Å². The second-order valence-corrected chi connectivity index (χ2v) is 4.72. The molecule has 1 saturated carbocycles. The molecule has 0 aromatic heterocycles. The van der Waals surface area contributed by atoms with Gasteiger partial charge in [0.05, 0.1) is 0 Å². The lowest BCUT2D eigenvalue weighted by Gasteiger charge is -2.32. The van der Waals surface area contributed by atoms with Crippen LogP contribution in [0.25, 0.3) is 0 Å². The third-order valence-corrected chi connectivity index (χ3v) is 3.33. The average Bonchev–Trinajstić information content (AvgIpc) is 2.09. The summed E-state index contributed by atoms with van der Waals surface area (Å²) in [5.41, 5.74) is 0. The van der Waals surface area contributed by atoms with Crippen LogP contribution in [0.1, 0.15) is 59.3 Å². The van der Waals surface area contributed by atoms with Crippen molar-refractivity contribution in [3.63, 3.8) is 0 Å². The zero-order valence-corrected chi connectivity index (χ0v) is 9.47. The molecule has 0 aromatic carbocycles. The molecule has 78 valence electrons. The summed E-state index contributed by atoms with van der Waals surface area (Å²) < 4.78 is 0. The maximum Gasteiger partial charge on any atom is 0.00951 e. The Balaban J connectivity index is 2.25. The van der Waals surface area contributed by atoms with E-state index in [2.05, 4.69) is 26.1 Å². The van der Waals surface area contributed by atoms with Crippen molar-refractivity contribution in [1.29, 1.82) is 0 Å². The van der Waals surface area contributed by atoms with Gasteiger partial charge in [0.1, 0.15) is 0 Å². The van der Waals surface area contributed by atoms with Gasteiger partial charge < -0.3 is 5.32 Å². The van der Waals surface area contributed by atoms with Crippen LogP contribution in [0.4, 0.5) is 0 Å². The largest absolute Gasteiger partial charge is 0.311 e. The van der Waals surface area contributed by atoms with Crippen molar-refractivity contribution >= 4 is 0 Å². The zero-order chi connectivity index (χ0) is 9.68. The Morgan fingerprint density at radius 3 is 2.62 bits per heavy atom. The highest BCUT2D eigenvalue weighted by Gasteiger charge is 2.21. The summed E-state index contributed by atoms with van der Waals surface area (Å²) in [7, 11) is 0. The van der Waals surface area contributed by atoms with E-state index < -0.39 is 0 Å². The molecule has 1 rings (SSSR count). The topological polar surface area (TPSA) is 12.0 Å². The molecule has 0 aliphatic heterocycles. The molecule has 1 heteroatoms. The Morgan fingerprint density at radius 2 is 2.00 bits per heavy atom. The van der Waals surface area contributed by atoms with Crippen LogP contribution in [0.2, 0.25) is 0 Å². The highest BCUT2D eigenvalue weighted by Crippen LogP contribution is 2.24. The molecular formula is C12H25N. The molecule has 0 amide bonds. The highest BCUT2D eigenvalue weighted by atomic mass is 14.9. The van der Waals surface area contributed by atoms with Crippen molar-refractivity contribution in [2.75, 3.05) is 0 Å². The Hall–Kier alpha value is -0.0400. The molecule has 0 aromatic rings. The van der Waals surface area contributed by atoms with E-state index in [9.17, 15) is 0 Å². The van der Waals surface area contributed by atoms with E-state index in [0.29, 0.717) is 0 Å². The molecule has 1 aliphatic carbocycles. The van der Waals surface area contributed by atoms with Crippen molar-refractivity contribution in [1.82, 2.24) is 5.32 Å². The molecule has 1 aliphatic rings. The van der Waals surface area contributed by atoms with Gasteiger partial charge in [0.25, 0.3) is 0 Å². The van der Waals surface area contributed by atoms with Crippen LogP contribution < -0.4 is 5.32 Å². The molecule has 1 nitrogen and oxygen atoms in total. The third kappa shape index (κ3) is 3.68. The van der Waals surface area contributed by atoms with Gasteiger partial charge in [0, 0.05) is 12.1 Å². The van der Waals surface area contributed by atoms with E-state index in [-0.39, 0.29) is 0 Å². The first-order valence-electron chi connectivity index (χ1n) is 6.00. The number of hydrogen-bond acceptors (Lipinski definition) is 1. The molecule has 0 bridgehead atoms. The van der Waals surface area contributed by atoms with E-state index >= 15 is 0 Å². The Bertz CT molecular complexity index is 133. The minimum Gasteiger partial charge on any atom is -0.311 e. The van der Waals surface area contributed by atoms with Gasteiger partial charge in [-0.1, -0.05) is 33.1 Å². The van der Waals surface area contributed by atoms with E-state index in [1.807, 2.05) is 0 Å². The lowest BCUT2D eigenvalue weighted by atomic mass is 9.85. The van der Waals surface area contributed by atoms with Crippen LogP contribution in [-0.4, -0.2) is 12.1 Å². The molecule has 3 atom stereocenters. The quantitative estimate of drug-likeness (QED) is 0.705. The van der Waals surface area contributed by atoms with Gasteiger partial charge in [-0.2, -0.15) is 0 Å². The SMILES string of the molecule is CCCC(C)NC1CCCCC1C. The van der Waals surface area contributed by atoms with E-state index in [1.54, 1.807) is 0 Å². The van der Waals surface area contributed by atoms with Crippen molar-refractivity contribution < 1.29 is 0 Å². The van der Waals surface area contributed by atoms with Gasteiger partial charge in [0.15, 0.2) is 0 Å². The first-order chi connectivity index (χ1) is 6.24. The maximum absolute atomic E-state index is 3.77. The van der Waals surface area contributed by atoms with Crippen LogP contribution >= 0.6 is 0 Å². The molecular weight excluding hydrogens is 158 g/mol. The summed E-state index contributed by atoms with van der Waals surface area (Å²) in [4.78, 5) is 0. The summed E-state index contributed by atoms with van der Waals surface area (Å²) in [6, 6.07) is 1.52. The lowest BCUT2D eigenvalue weighted by Crippen LogP contribution is -2.42. The monoisotopic (exact) mass is 183 g/mol. The van der Waals surface area contributed by atoms with E-state index in [0.717, 1.165) is 18.0 Å². The molecule has 3 unspecified atom stereocenters. The number of rotatable bonds is 4. The van der Waals surface area contributed by atoms with Crippen molar-refractivity contribution in [3.05, 3.63) is 0 Å². The first-order valence-corrected chi connectivity index (χ1v) is 6.00. The molecule has 0 saturated heterocycles. The maximum atomic E-state index is 3.77. The Labute approximate surface area is 83.3 Å². The Kier molecular flexibility index (Phi) is 4.79. The summed E-state index contributed by atoms with van der Waals surface area (Å²) in [5.74, 6) is 0.896. The molecule has 1 N–H and O–H groups in total. The smallest absolute Gasteiger partial charge is 0.00951 e. The normalized spacial score (nSPS) is 31.6. The zero-order valence-electron chi connectivity index (χ0n) is 9.47. The molecule has 0 radical (unpaired) electrons. The van der Waals surface area contributed by atoms with Crippen LogP contribution in [0.3, 0.4) is 0 Å². The molecule has 1 fully saturated rings. The molecule has 0 spiro atoms. The van der Waals surface area contributed by atoms with Crippen molar-refractivity contribution in [2.24, 2.45) is 5.92 Å². The summed E-state index contributed by atoms with van der Waals surface area (Å²) in [6.45, 7) is 6.99. The van der Waals surface area contributed by atoms with Crippen LogP contribution in [0.15, 0.2) is 0 Å². The minimum absolute atomic E-state index is 0.718. The van der Waals surface area contributed by atoms with Crippen LogP contribution in [0.5, 0.6) is 0 Å². The average molecular weight is 183 g/mol. The highest BCUT2D eigenvalue weighted by molar-refractivity contribution is 4.80. The fourth-order valence-corrected chi connectivity index (χ4v) is 2.45. The fraction of sp³-hybridized carbons (Fsp3) is 1.00. The minimum atomic E-state index is 0.718. The van der Waals surface area contributed by atoms with Crippen molar-refractivity contribution in [2.45, 2.75) is 71.4 Å². The number of nitrogens with one attached hydrogen (secondary N) is 1. The summed E-state index contributed by atoms with van der Waals surface area (Å²) >= 11 is 0. The Morgan fingerprint density at radius 1 is 1.31 bits per heavy atom. The second kappa shape index (κ2) is 5.64. The van der Waals surface area contributed by atoms with Crippen molar-refractivity contribution in [3.8, 4) is 0 Å². The fourth-order valence-electron chi connectivity index (χ4n) is 2.45. The van der Waals surface area contributed by atoms with Crippen LogP contribution in [-0.2, 0) is 0 Å². The molecule has 13 heavy (non-hydrogen) atoms. The predicted molar refractivity (Wildman–Crippen MR) is 58.9 cm³/mol. The van der Waals surface area contributed by atoms with Gasteiger partial charge in [-0.25, -0.2) is 0 Å². The predicted octanol–water partition coefficient (Wildman–Crippen LogP) is 3.34. The van der Waals surface area contributed by atoms with E-state index in [4.69, 9.17) is 0 Å². The third-order valence-electron chi connectivity index (χ3n) is 3.33. The second-order valence-electron chi connectivity index (χ2n) is 4.72. The number of hydrogen-bond donors (Lipinski definition) is 1. The van der Waals surface area contributed by atoms with E-state index in [1.165, 1.54) is 38.5 Å². The van der Waals surface area contributed by atoms with Gasteiger partial charge in [-0.15, -0.1) is 0 Å². The van der Waals surface area contributed by atoms with Gasteiger partial charge in [-0.05, 0) is 32.1 Å². The molecule has 0 heterocycles. The standard InChI is InChI=1S/C12H25N/c1-4-7-11(3)13-12-9-6-5-8-10(12)2/h10-13H,4-9H2,1-3H3.